The van der Waals surface area contributed by atoms with Gasteiger partial charge in [0.1, 0.15) is 5.00 Å². The normalized spacial score (nSPS) is 19.4. The van der Waals surface area contributed by atoms with Gasteiger partial charge in [-0.1, -0.05) is 0 Å². The third-order valence-corrected chi connectivity index (χ3v) is 4.17. The molecule has 1 aliphatic rings. The zero-order valence-corrected chi connectivity index (χ0v) is 11.8. The Bertz CT molecular complexity index is 486. The highest BCUT2D eigenvalue weighted by molar-refractivity contribution is 7.15. The van der Waals surface area contributed by atoms with E-state index in [2.05, 4.69) is 0 Å². The first-order chi connectivity index (χ1) is 8.54. The summed E-state index contributed by atoms with van der Waals surface area (Å²) in [5.41, 5.74) is 1.32. The van der Waals surface area contributed by atoms with Crippen molar-refractivity contribution in [3.8, 4) is 0 Å². The molecule has 1 aromatic heterocycles. The van der Waals surface area contributed by atoms with E-state index in [1.54, 1.807) is 11.8 Å². The van der Waals surface area contributed by atoms with Gasteiger partial charge in [0.2, 0.25) is 5.91 Å². The van der Waals surface area contributed by atoms with Crippen LogP contribution in [-0.4, -0.2) is 30.4 Å². The minimum absolute atomic E-state index is 0.0394. The first kappa shape index (κ1) is 13.4. The quantitative estimate of drug-likeness (QED) is 0.634. The number of thiophene rings is 1. The Labute approximate surface area is 114 Å². The van der Waals surface area contributed by atoms with E-state index >= 15 is 0 Å². The molecule has 0 aromatic carbocycles. The van der Waals surface area contributed by atoms with Gasteiger partial charge < -0.3 is 9.64 Å². The predicted molar refractivity (Wildman–Crippen MR) is 71.6 cm³/mol. The van der Waals surface area contributed by atoms with Gasteiger partial charge in [0, 0.05) is 13.0 Å². The second kappa shape index (κ2) is 5.28. The zero-order chi connectivity index (χ0) is 13.3. The highest BCUT2D eigenvalue weighted by atomic mass is 35.5. The third-order valence-electron chi connectivity index (χ3n) is 2.76. The molecule has 0 saturated carbocycles. The van der Waals surface area contributed by atoms with E-state index in [9.17, 15) is 9.59 Å². The fourth-order valence-electron chi connectivity index (χ4n) is 1.94. The SMILES string of the molecule is CCOC(=O)c1c(C)csc1N1CC(Cl)CC1=O. The van der Waals surface area contributed by atoms with Crippen LogP contribution in [0.3, 0.4) is 0 Å². The van der Waals surface area contributed by atoms with Crippen LogP contribution in [0.1, 0.15) is 29.3 Å². The van der Waals surface area contributed by atoms with Gasteiger partial charge in [-0.2, -0.15) is 0 Å². The topological polar surface area (TPSA) is 46.6 Å². The molecule has 0 radical (unpaired) electrons. The Balaban J connectivity index is 2.34. The van der Waals surface area contributed by atoms with E-state index in [4.69, 9.17) is 16.3 Å². The van der Waals surface area contributed by atoms with Crippen molar-refractivity contribution in [3.63, 3.8) is 0 Å². The molecule has 1 atom stereocenters. The molecule has 1 amide bonds. The maximum absolute atomic E-state index is 11.9. The van der Waals surface area contributed by atoms with Crippen molar-refractivity contribution >= 4 is 39.8 Å². The molecule has 2 heterocycles. The van der Waals surface area contributed by atoms with Gasteiger partial charge in [-0.05, 0) is 24.8 Å². The summed E-state index contributed by atoms with van der Waals surface area (Å²) in [7, 11) is 0. The van der Waals surface area contributed by atoms with Crippen molar-refractivity contribution in [1.82, 2.24) is 0 Å². The van der Waals surface area contributed by atoms with Crippen molar-refractivity contribution in [2.75, 3.05) is 18.1 Å². The lowest BCUT2D eigenvalue weighted by Gasteiger charge is -2.15. The number of carbonyl (C=O) groups is 2. The Morgan fingerprint density at radius 3 is 2.94 bits per heavy atom. The smallest absolute Gasteiger partial charge is 0.341 e. The monoisotopic (exact) mass is 287 g/mol. The minimum atomic E-state index is -0.378. The third kappa shape index (κ3) is 2.37. The fraction of sp³-hybridized carbons (Fsp3) is 0.500. The molecule has 1 unspecified atom stereocenters. The average Bonchev–Trinajstić information content (AvgIpc) is 2.82. The van der Waals surface area contributed by atoms with Crippen molar-refractivity contribution in [2.24, 2.45) is 0 Å². The molecule has 18 heavy (non-hydrogen) atoms. The summed E-state index contributed by atoms with van der Waals surface area (Å²) in [6.45, 7) is 4.37. The maximum Gasteiger partial charge on any atom is 0.341 e. The molecule has 1 aliphatic heterocycles. The summed E-state index contributed by atoms with van der Waals surface area (Å²) in [5, 5.41) is 2.32. The van der Waals surface area contributed by atoms with E-state index in [1.165, 1.54) is 11.3 Å². The van der Waals surface area contributed by atoms with Crippen LogP contribution in [-0.2, 0) is 9.53 Å². The number of aryl methyl sites for hydroxylation is 1. The first-order valence-electron chi connectivity index (χ1n) is 5.74. The maximum atomic E-state index is 11.9. The Morgan fingerprint density at radius 1 is 1.67 bits per heavy atom. The van der Waals surface area contributed by atoms with Crippen LogP contribution in [0.15, 0.2) is 5.38 Å². The summed E-state index contributed by atoms with van der Waals surface area (Å²) in [6.07, 6.45) is 0.320. The minimum Gasteiger partial charge on any atom is -0.462 e. The lowest BCUT2D eigenvalue weighted by molar-refractivity contribution is -0.117. The first-order valence-corrected chi connectivity index (χ1v) is 7.05. The van der Waals surface area contributed by atoms with Gasteiger partial charge in [-0.25, -0.2) is 4.79 Å². The van der Waals surface area contributed by atoms with Crippen molar-refractivity contribution in [1.29, 1.82) is 0 Å². The average molecular weight is 288 g/mol. The fourth-order valence-corrected chi connectivity index (χ4v) is 3.28. The summed E-state index contributed by atoms with van der Waals surface area (Å²) in [5.74, 6) is -0.417. The van der Waals surface area contributed by atoms with Gasteiger partial charge in [0.25, 0.3) is 0 Å². The van der Waals surface area contributed by atoms with Crippen LogP contribution in [0.4, 0.5) is 5.00 Å². The summed E-state index contributed by atoms with van der Waals surface area (Å²) in [4.78, 5) is 25.3. The van der Waals surface area contributed by atoms with E-state index in [0.717, 1.165) is 5.56 Å². The van der Waals surface area contributed by atoms with Gasteiger partial charge >= 0.3 is 5.97 Å². The van der Waals surface area contributed by atoms with Crippen LogP contribution >= 0.6 is 22.9 Å². The van der Waals surface area contributed by atoms with Crippen LogP contribution in [0.5, 0.6) is 0 Å². The van der Waals surface area contributed by atoms with Crippen LogP contribution < -0.4 is 4.90 Å². The summed E-state index contributed by atoms with van der Waals surface area (Å²) in [6, 6.07) is 0. The molecule has 1 fully saturated rings. The van der Waals surface area contributed by atoms with Crippen LogP contribution in [0.25, 0.3) is 0 Å². The number of halogens is 1. The van der Waals surface area contributed by atoms with Gasteiger partial charge in [-0.15, -0.1) is 22.9 Å². The molecule has 1 aromatic rings. The highest BCUT2D eigenvalue weighted by Gasteiger charge is 2.33. The highest BCUT2D eigenvalue weighted by Crippen LogP contribution is 2.35. The molecule has 1 saturated heterocycles. The number of hydrogen-bond donors (Lipinski definition) is 0. The van der Waals surface area contributed by atoms with Gasteiger partial charge in [0.05, 0.1) is 17.5 Å². The largest absolute Gasteiger partial charge is 0.462 e. The molecule has 6 heteroatoms. The van der Waals surface area contributed by atoms with E-state index < -0.39 is 0 Å². The number of alkyl halides is 1. The lowest BCUT2D eigenvalue weighted by Crippen LogP contribution is -2.25. The number of rotatable bonds is 3. The number of hydrogen-bond acceptors (Lipinski definition) is 4. The number of anilines is 1. The second-order valence-corrected chi connectivity index (χ2v) is 5.60. The van der Waals surface area contributed by atoms with Crippen molar-refractivity contribution < 1.29 is 14.3 Å². The molecular formula is C12H14ClNO3S. The Morgan fingerprint density at radius 2 is 2.39 bits per heavy atom. The molecule has 0 bridgehead atoms. The molecule has 0 spiro atoms. The predicted octanol–water partition coefficient (Wildman–Crippen LogP) is 2.58. The van der Waals surface area contributed by atoms with E-state index in [-0.39, 0.29) is 17.3 Å². The Kier molecular flexibility index (Phi) is 3.92. The van der Waals surface area contributed by atoms with Gasteiger partial charge in [0.15, 0.2) is 0 Å². The number of esters is 1. The Hall–Kier alpha value is -1.07. The molecule has 0 N–H and O–H groups in total. The van der Waals surface area contributed by atoms with E-state index in [0.29, 0.717) is 30.1 Å². The molecular weight excluding hydrogens is 274 g/mol. The number of nitrogens with zero attached hydrogens (tertiary/aromatic N) is 1. The molecule has 4 nitrogen and oxygen atoms in total. The summed E-state index contributed by atoms with van der Waals surface area (Å²) >= 11 is 7.36. The number of carbonyl (C=O) groups excluding carboxylic acids is 2. The second-order valence-electron chi connectivity index (χ2n) is 4.13. The zero-order valence-electron chi connectivity index (χ0n) is 10.2. The molecule has 2 rings (SSSR count). The van der Waals surface area contributed by atoms with Crippen LogP contribution in [0, 0.1) is 6.92 Å². The standard InChI is InChI=1S/C12H14ClNO3S/c1-3-17-12(16)10-7(2)6-18-11(10)14-5-8(13)4-9(14)15/h6,8H,3-5H2,1-2H3. The van der Waals surface area contributed by atoms with Crippen molar-refractivity contribution in [2.45, 2.75) is 25.6 Å². The van der Waals surface area contributed by atoms with Gasteiger partial charge in [-0.3, -0.25) is 4.79 Å². The van der Waals surface area contributed by atoms with Crippen molar-refractivity contribution in [3.05, 3.63) is 16.5 Å². The molecule has 98 valence electrons. The van der Waals surface area contributed by atoms with Crippen LogP contribution in [0.2, 0.25) is 0 Å². The summed E-state index contributed by atoms with van der Waals surface area (Å²) < 4.78 is 5.03. The van der Waals surface area contributed by atoms with E-state index in [1.807, 2.05) is 12.3 Å². The molecule has 0 aliphatic carbocycles. The number of amides is 1. The lowest BCUT2D eigenvalue weighted by atomic mass is 10.2. The number of ether oxygens (including phenoxy) is 1.